The summed E-state index contributed by atoms with van der Waals surface area (Å²) < 4.78 is 2.03. The number of aromatic nitrogens is 2. The molecular weight excluding hydrogens is 198 g/mol. The maximum absolute atomic E-state index is 6.02. The van der Waals surface area contributed by atoms with Crippen molar-refractivity contribution in [2.24, 2.45) is 13.0 Å². The molecule has 1 aromatic rings. The van der Waals surface area contributed by atoms with Crippen LogP contribution in [-0.4, -0.2) is 22.6 Å². The van der Waals surface area contributed by atoms with Crippen molar-refractivity contribution in [2.75, 3.05) is 13.1 Å². The van der Waals surface area contributed by atoms with E-state index in [0.29, 0.717) is 5.15 Å². The molecule has 14 heavy (non-hydrogen) atoms. The largest absolute Gasteiger partial charge is 0.336 e. The highest BCUT2D eigenvalue weighted by molar-refractivity contribution is 6.30. The lowest BCUT2D eigenvalue weighted by molar-refractivity contribution is 0.367. The summed E-state index contributed by atoms with van der Waals surface area (Å²) in [6, 6.07) is 0. The maximum atomic E-state index is 6.02. The van der Waals surface area contributed by atoms with Crippen molar-refractivity contribution in [3.63, 3.8) is 0 Å². The van der Waals surface area contributed by atoms with Gasteiger partial charge in [-0.05, 0) is 38.3 Å². The summed E-state index contributed by atoms with van der Waals surface area (Å²) in [6.07, 6.45) is 5.36. The van der Waals surface area contributed by atoms with Crippen LogP contribution < -0.4 is 5.32 Å². The number of piperidine rings is 1. The zero-order valence-electron chi connectivity index (χ0n) is 8.46. The summed E-state index contributed by atoms with van der Waals surface area (Å²) >= 11 is 6.02. The molecule has 0 amide bonds. The second kappa shape index (κ2) is 4.32. The van der Waals surface area contributed by atoms with Crippen LogP contribution in [0.4, 0.5) is 0 Å². The molecule has 0 unspecified atom stereocenters. The number of hydrogen-bond acceptors (Lipinski definition) is 2. The first-order valence-electron chi connectivity index (χ1n) is 5.14. The Morgan fingerprint density at radius 1 is 1.57 bits per heavy atom. The van der Waals surface area contributed by atoms with Gasteiger partial charge in [-0.15, -0.1) is 0 Å². The van der Waals surface area contributed by atoms with E-state index in [9.17, 15) is 0 Å². The summed E-state index contributed by atoms with van der Waals surface area (Å²) in [5.74, 6) is 0.768. The van der Waals surface area contributed by atoms with E-state index in [0.717, 1.165) is 25.4 Å². The fourth-order valence-corrected chi connectivity index (χ4v) is 2.27. The molecule has 1 aliphatic rings. The van der Waals surface area contributed by atoms with Crippen LogP contribution in [0.2, 0.25) is 5.15 Å². The molecule has 1 aliphatic heterocycles. The SMILES string of the molecule is Cn1cnc(Cl)c1CC1CCNCC1. The molecule has 0 aromatic carbocycles. The molecular formula is C10H16ClN3. The lowest BCUT2D eigenvalue weighted by atomic mass is 9.93. The number of hydrogen-bond donors (Lipinski definition) is 1. The normalized spacial score (nSPS) is 18.7. The van der Waals surface area contributed by atoms with Crippen molar-refractivity contribution in [3.05, 3.63) is 17.2 Å². The maximum Gasteiger partial charge on any atom is 0.150 e. The minimum Gasteiger partial charge on any atom is -0.336 e. The minimum absolute atomic E-state index is 0.672. The monoisotopic (exact) mass is 213 g/mol. The number of rotatable bonds is 2. The number of halogens is 1. The Kier molecular flexibility index (Phi) is 3.08. The summed E-state index contributed by atoms with van der Waals surface area (Å²) in [5.41, 5.74) is 1.18. The van der Waals surface area contributed by atoms with Crippen LogP contribution >= 0.6 is 11.6 Å². The summed E-state index contributed by atoms with van der Waals surface area (Å²) in [6.45, 7) is 2.28. The number of imidazole rings is 1. The Morgan fingerprint density at radius 2 is 2.29 bits per heavy atom. The molecule has 78 valence electrons. The van der Waals surface area contributed by atoms with Gasteiger partial charge in [0, 0.05) is 7.05 Å². The predicted octanol–water partition coefficient (Wildman–Crippen LogP) is 1.62. The lowest BCUT2D eigenvalue weighted by Crippen LogP contribution is -2.29. The van der Waals surface area contributed by atoms with E-state index < -0.39 is 0 Å². The van der Waals surface area contributed by atoms with Gasteiger partial charge in [0.15, 0.2) is 0 Å². The van der Waals surface area contributed by atoms with Crippen molar-refractivity contribution in [3.8, 4) is 0 Å². The van der Waals surface area contributed by atoms with Crippen LogP contribution in [0, 0.1) is 5.92 Å². The van der Waals surface area contributed by atoms with Crippen molar-refractivity contribution in [1.29, 1.82) is 0 Å². The Hall–Kier alpha value is -0.540. The number of nitrogens with zero attached hydrogens (tertiary/aromatic N) is 2. The van der Waals surface area contributed by atoms with Crippen molar-refractivity contribution < 1.29 is 0 Å². The van der Waals surface area contributed by atoms with Crippen LogP contribution in [0.25, 0.3) is 0 Å². The third-order valence-electron chi connectivity index (χ3n) is 2.95. The highest BCUT2D eigenvalue weighted by atomic mass is 35.5. The summed E-state index contributed by atoms with van der Waals surface area (Å²) in [4.78, 5) is 4.09. The molecule has 4 heteroatoms. The van der Waals surface area contributed by atoms with E-state index >= 15 is 0 Å². The number of nitrogens with one attached hydrogen (secondary N) is 1. The highest BCUT2D eigenvalue weighted by Crippen LogP contribution is 2.21. The molecule has 1 aromatic heterocycles. The van der Waals surface area contributed by atoms with Crippen LogP contribution in [0.15, 0.2) is 6.33 Å². The first-order chi connectivity index (χ1) is 6.77. The van der Waals surface area contributed by atoms with E-state index in [1.807, 2.05) is 11.6 Å². The van der Waals surface area contributed by atoms with Crippen LogP contribution in [0.1, 0.15) is 18.5 Å². The van der Waals surface area contributed by atoms with E-state index in [1.165, 1.54) is 18.5 Å². The molecule has 1 saturated heterocycles. The van der Waals surface area contributed by atoms with E-state index in [1.54, 1.807) is 6.33 Å². The minimum atomic E-state index is 0.672. The van der Waals surface area contributed by atoms with Gasteiger partial charge in [-0.3, -0.25) is 0 Å². The highest BCUT2D eigenvalue weighted by Gasteiger charge is 2.17. The van der Waals surface area contributed by atoms with Gasteiger partial charge in [-0.2, -0.15) is 0 Å². The molecule has 0 atom stereocenters. The van der Waals surface area contributed by atoms with Crippen LogP contribution in [-0.2, 0) is 13.5 Å². The van der Waals surface area contributed by atoms with Crippen LogP contribution in [0.5, 0.6) is 0 Å². The zero-order valence-corrected chi connectivity index (χ0v) is 9.22. The molecule has 2 rings (SSSR count). The second-order valence-electron chi connectivity index (χ2n) is 3.99. The van der Waals surface area contributed by atoms with Crippen molar-refractivity contribution >= 4 is 11.6 Å². The topological polar surface area (TPSA) is 29.9 Å². The molecule has 0 radical (unpaired) electrons. The Balaban J connectivity index is 2.02. The fraction of sp³-hybridized carbons (Fsp3) is 0.700. The molecule has 0 aliphatic carbocycles. The smallest absolute Gasteiger partial charge is 0.150 e. The summed E-state index contributed by atoms with van der Waals surface area (Å²) in [7, 11) is 2.01. The van der Waals surface area contributed by atoms with Crippen LogP contribution in [0.3, 0.4) is 0 Å². The van der Waals surface area contributed by atoms with E-state index in [2.05, 4.69) is 10.3 Å². The number of aryl methyl sites for hydroxylation is 1. The molecule has 0 saturated carbocycles. The van der Waals surface area contributed by atoms with Gasteiger partial charge < -0.3 is 9.88 Å². The first-order valence-corrected chi connectivity index (χ1v) is 5.51. The lowest BCUT2D eigenvalue weighted by Gasteiger charge is -2.22. The standard InChI is InChI=1S/C10H16ClN3/c1-14-7-13-10(11)9(14)6-8-2-4-12-5-3-8/h7-8,12H,2-6H2,1H3. The van der Waals surface area contributed by atoms with Gasteiger partial charge in [0.25, 0.3) is 0 Å². The van der Waals surface area contributed by atoms with Gasteiger partial charge in [0.2, 0.25) is 0 Å². The molecule has 3 nitrogen and oxygen atoms in total. The quantitative estimate of drug-likeness (QED) is 0.809. The Morgan fingerprint density at radius 3 is 2.86 bits per heavy atom. The van der Waals surface area contributed by atoms with Crippen molar-refractivity contribution in [1.82, 2.24) is 14.9 Å². The average molecular weight is 214 g/mol. The molecule has 2 heterocycles. The van der Waals surface area contributed by atoms with E-state index in [-0.39, 0.29) is 0 Å². The Bertz CT molecular complexity index is 283. The summed E-state index contributed by atoms with van der Waals surface area (Å²) in [5, 5.41) is 4.04. The Labute approximate surface area is 89.5 Å². The second-order valence-corrected chi connectivity index (χ2v) is 4.35. The molecule has 1 fully saturated rings. The van der Waals surface area contributed by atoms with Crippen molar-refractivity contribution in [2.45, 2.75) is 19.3 Å². The fourth-order valence-electron chi connectivity index (χ4n) is 2.01. The van der Waals surface area contributed by atoms with Gasteiger partial charge in [-0.25, -0.2) is 4.98 Å². The van der Waals surface area contributed by atoms with E-state index in [4.69, 9.17) is 11.6 Å². The predicted molar refractivity (Wildman–Crippen MR) is 57.5 cm³/mol. The third-order valence-corrected chi connectivity index (χ3v) is 3.26. The molecule has 0 bridgehead atoms. The average Bonchev–Trinajstić information content (AvgIpc) is 2.51. The first kappa shape index (κ1) is 9.99. The van der Waals surface area contributed by atoms with Gasteiger partial charge in [-0.1, -0.05) is 11.6 Å². The van der Waals surface area contributed by atoms with Gasteiger partial charge in [0.1, 0.15) is 5.15 Å². The van der Waals surface area contributed by atoms with Gasteiger partial charge in [0.05, 0.1) is 12.0 Å². The molecule has 1 N–H and O–H groups in total. The third kappa shape index (κ3) is 2.10. The molecule has 0 spiro atoms. The van der Waals surface area contributed by atoms with Gasteiger partial charge >= 0.3 is 0 Å². The zero-order chi connectivity index (χ0) is 9.97.